The maximum atomic E-state index is 12.8. The first-order valence-corrected chi connectivity index (χ1v) is 10.1. The fraction of sp³-hybridized carbons (Fsp3) is 0.429. The summed E-state index contributed by atoms with van der Waals surface area (Å²) in [6, 6.07) is 7.04. The number of piperidine rings is 1. The Bertz CT molecular complexity index is 1100. The topological polar surface area (TPSA) is 83.9 Å². The summed E-state index contributed by atoms with van der Waals surface area (Å²) >= 11 is 5.91. The van der Waals surface area contributed by atoms with Gasteiger partial charge in [0, 0.05) is 29.6 Å². The molecule has 3 heterocycles. The molecule has 0 saturated carbocycles. The lowest BCUT2D eigenvalue weighted by molar-refractivity contribution is 0.0900. The number of halogens is 1. The number of nitrogens with one attached hydrogen (secondary N) is 1. The normalized spacial score (nSPS) is 15.8. The minimum atomic E-state index is -0.280. The molecule has 29 heavy (non-hydrogen) atoms. The van der Waals surface area contributed by atoms with Gasteiger partial charge in [-0.2, -0.15) is 10.1 Å². The van der Waals surface area contributed by atoms with E-state index in [1.54, 1.807) is 35.1 Å². The number of carbonyl (C=O) groups is 1. The maximum absolute atomic E-state index is 12.8. The van der Waals surface area contributed by atoms with Gasteiger partial charge in [-0.05, 0) is 57.9 Å². The number of ketones is 1. The lowest BCUT2D eigenvalue weighted by Crippen LogP contribution is -2.38. The van der Waals surface area contributed by atoms with Crippen molar-refractivity contribution in [2.45, 2.75) is 39.2 Å². The monoisotopic (exact) mass is 413 g/mol. The van der Waals surface area contributed by atoms with Crippen LogP contribution in [0.2, 0.25) is 5.02 Å². The van der Waals surface area contributed by atoms with Gasteiger partial charge in [0.15, 0.2) is 11.4 Å². The Morgan fingerprint density at radius 1 is 1.17 bits per heavy atom. The molecule has 0 aliphatic carbocycles. The first-order valence-electron chi connectivity index (χ1n) is 9.77. The van der Waals surface area contributed by atoms with Gasteiger partial charge < -0.3 is 4.90 Å². The second-order valence-electron chi connectivity index (χ2n) is 8.49. The Balaban J connectivity index is 1.54. The van der Waals surface area contributed by atoms with E-state index in [9.17, 15) is 9.59 Å². The Morgan fingerprint density at radius 3 is 2.45 bits per heavy atom. The Morgan fingerprint density at radius 2 is 1.83 bits per heavy atom. The quantitative estimate of drug-likeness (QED) is 0.663. The van der Waals surface area contributed by atoms with E-state index in [0.717, 1.165) is 0 Å². The van der Waals surface area contributed by atoms with Crippen LogP contribution in [0.1, 0.15) is 44.0 Å². The van der Waals surface area contributed by atoms with Crippen molar-refractivity contribution in [2.75, 3.05) is 18.0 Å². The highest BCUT2D eigenvalue weighted by Crippen LogP contribution is 2.26. The molecule has 1 fully saturated rings. The third-order valence-corrected chi connectivity index (χ3v) is 5.61. The van der Waals surface area contributed by atoms with Gasteiger partial charge in [0.2, 0.25) is 5.95 Å². The van der Waals surface area contributed by atoms with Crippen molar-refractivity contribution < 1.29 is 4.79 Å². The van der Waals surface area contributed by atoms with Crippen LogP contribution >= 0.6 is 11.6 Å². The summed E-state index contributed by atoms with van der Waals surface area (Å²) < 4.78 is 1.78. The number of Topliss-reactive ketones (excluding diaryl/α,β-unsaturated/α-hetero) is 1. The van der Waals surface area contributed by atoms with Gasteiger partial charge in [-0.3, -0.25) is 14.6 Å². The van der Waals surface area contributed by atoms with E-state index in [-0.39, 0.29) is 22.8 Å². The van der Waals surface area contributed by atoms with Gasteiger partial charge in [-0.15, -0.1) is 0 Å². The average molecular weight is 414 g/mol. The fourth-order valence-corrected chi connectivity index (χ4v) is 3.88. The third-order valence-electron chi connectivity index (χ3n) is 5.36. The molecule has 1 N–H and O–H groups in total. The van der Waals surface area contributed by atoms with Crippen LogP contribution in [-0.4, -0.2) is 38.6 Å². The number of carbonyl (C=O) groups excluding carboxylic acids is 1. The molecule has 0 spiro atoms. The number of aromatic nitrogens is 4. The van der Waals surface area contributed by atoms with Gasteiger partial charge >= 0.3 is 0 Å². The van der Waals surface area contributed by atoms with E-state index in [1.165, 1.54) is 0 Å². The van der Waals surface area contributed by atoms with E-state index in [4.69, 9.17) is 16.6 Å². The lowest BCUT2D eigenvalue weighted by atomic mass is 9.89. The molecular formula is C21H24ClN5O2. The Hall–Kier alpha value is -2.67. The highest BCUT2D eigenvalue weighted by Gasteiger charge is 2.28. The van der Waals surface area contributed by atoms with E-state index in [0.29, 0.717) is 53.5 Å². The van der Waals surface area contributed by atoms with Crippen LogP contribution < -0.4 is 10.5 Å². The molecule has 1 aromatic carbocycles. The second-order valence-corrected chi connectivity index (χ2v) is 8.92. The Kier molecular flexibility index (Phi) is 4.94. The highest BCUT2D eigenvalue weighted by atomic mass is 35.5. The van der Waals surface area contributed by atoms with Crippen molar-refractivity contribution in [3.63, 3.8) is 0 Å². The van der Waals surface area contributed by atoms with Gasteiger partial charge in [-0.25, -0.2) is 4.68 Å². The van der Waals surface area contributed by atoms with Crippen LogP contribution in [0, 0.1) is 5.92 Å². The zero-order chi connectivity index (χ0) is 20.8. The molecule has 0 atom stereocenters. The molecule has 0 amide bonds. The number of hydrogen-bond acceptors (Lipinski definition) is 5. The van der Waals surface area contributed by atoms with Crippen LogP contribution in [0.4, 0.5) is 5.95 Å². The molecule has 0 bridgehead atoms. The molecule has 1 aliphatic heterocycles. The van der Waals surface area contributed by atoms with Crippen molar-refractivity contribution in [2.24, 2.45) is 5.92 Å². The van der Waals surface area contributed by atoms with Crippen molar-refractivity contribution in [3.8, 4) is 0 Å². The standard InChI is InChI=1S/C21H24ClN5O2/c1-21(2,3)27-18-16(12-23-27)19(29)25-20(24-18)26-10-8-14(9-11-26)17(28)13-4-6-15(22)7-5-13/h4-7,12,14H,8-11H2,1-3H3,(H,24,25,29). The summed E-state index contributed by atoms with van der Waals surface area (Å²) in [7, 11) is 0. The molecule has 1 saturated heterocycles. The SMILES string of the molecule is CC(C)(C)n1ncc2c(=O)[nH]c(N3CCC(C(=O)c4ccc(Cl)cc4)CC3)nc21. The minimum absolute atomic E-state index is 0.0389. The van der Waals surface area contributed by atoms with Crippen LogP contribution in [0.15, 0.2) is 35.3 Å². The lowest BCUT2D eigenvalue weighted by Gasteiger charge is -2.31. The first-order chi connectivity index (χ1) is 13.7. The molecule has 4 rings (SSSR count). The molecule has 0 unspecified atom stereocenters. The van der Waals surface area contributed by atoms with E-state index in [1.807, 2.05) is 25.7 Å². The number of aromatic amines is 1. The number of anilines is 1. The predicted octanol–water partition coefficient (Wildman–Crippen LogP) is 3.63. The molecular weight excluding hydrogens is 390 g/mol. The Labute approximate surface area is 173 Å². The van der Waals surface area contributed by atoms with Crippen molar-refractivity contribution in [3.05, 3.63) is 51.4 Å². The maximum Gasteiger partial charge on any atom is 0.263 e. The van der Waals surface area contributed by atoms with Gasteiger partial charge in [0.1, 0.15) is 5.39 Å². The molecule has 7 nitrogen and oxygen atoms in total. The summed E-state index contributed by atoms with van der Waals surface area (Å²) in [5.41, 5.74) is 0.794. The third kappa shape index (κ3) is 3.79. The molecule has 0 radical (unpaired) electrons. The van der Waals surface area contributed by atoms with Crippen LogP contribution in [0.3, 0.4) is 0 Å². The van der Waals surface area contributed by atoms with Gasteiger partial charge in [-0.1, -0.05) is 11.6 Å². The fourth-order valence-electron chi connectivity index (χ4n) is 3.75. The highest BCUT2D eigenvalue weighted by molar-refractivity contribution is 6.30. The number of H-pyrrole nitrogens is 1. The first kappa shape index (κ1) is 19.6. The largest absolute Gasteiger partial charge is 0.342 e. The molecule has 2 aromatic heterocycles. The summed E-state index contributed by atoms with van der Waals surface area (Å²) in [5.74, 6) is 0.637. The molecule has 8 heteroatoms. The number of hydrogen-bond donors (Lipinski definition) is 1. The second kappa shape index (κ2) is 7.30. The van der Waals surface area contributed by atoms with Gasteiger partial charge in [0.25, 0.3) is 5.56 Å². The summed E-state index contributed by atoms with van der Waals surface area (Å²) in [4.78, 5) is 34.9. The summed E-state index contributed by atoms with van der Waals surface area (Å²) in [5, 5.41) is 5.45. The van der Waals surface area contributed by atoms with Crippen LogP contribution in [-0.2, 0) is 5.54 Å². The van der Waals surface area contributed by atoms with E-state index in [2.05, 4.69) is 10.1 Å². The zero-order valence-electron chi connectivity index (χ0n) is 16.8. The number of benzene rings is 1. The molecule has 3 aromatic rings. The number of rotatable bonds is 3. The minimum Gasteiger partial charge on any atom is -0.342 e. The van der Waals surface area contributed by atoms with Crippen LogP contribution in [0.25, 0.3) is 11.0 Å². The average Bonchev–Trinajstić information content (AvgIpc) is 3.13. The molecule has 1 aliphatic rings. The number of nitrogens with zero attached hydrogens (tertiary/aromatic N) is 4. The summed E-state index contributed by atoms with van der Waals surface area (Å²) in [6.45, 7) is 7.38. The van der Waals surface area contributed by atoms with Crippen molar-refractivity contribution >= 4 is 34.4 Å². The smallest absolute Gasteiger partial charge is 0.263 e. The van der Waals surface area contributed by atoms with E-state index < -0.39 is 0 Å². The number of fused-ring (bicyclic) bond motifs is 1. The van der Waals surface area contributed by atoms with Crippen LogP contribution in [0.5, 0.6) is 0 Å². The summed E-state index contributed by atoms with van der Waals surface area (Å²) in [6.07, 6.45) is 2.98. The van der Waals surface area contributed by atoms with E-state index >= 15 is 0 Å². The van der Waals surface area contributed by atoms with Crippen molar-refractivity contribution in [1.29, 1.82) is 0 Å². The molecule has 152 valence electrons. The zero-order valence-corrected chi connectivity index (χ0v) is 17.5. The van der Waals surface area contributed by atoms with Crippen molar-refractivity contribution in [1.82, 2.24) is 19.7 Å². The predicted molar refractivity (Wildman–Crippen MR) is 114 cm³/mol. The van der Waals surface area contributed by atoms with Gasteiger partial charge in [0.05, 0.1) is 11.7 Å².